The lowest BCUT2D eigenvalue weighted by molar-refractivity contribution is -0.157. The first-order valence-corrected chi connectivity index (χ1v) is 6.35. The van der Waals surface area contributed by atoms with Crippen molar-refractivity contribution in [2.75, 3.05) is 13.7 Å². The number of aliphatic hydroxyl groups is 1. The second kappa shape index (κ2) is 6.18. The van der Waals surface area contributed by atoms with Crippen molar-refractivity contribution in [2.24, 2.45) is 11.8 Å². The molecule has 0 aromatic heterocycles. The van der Waals surface area contributed by atoms with Crippen LogP contribution in [0.2, 0.25) is 0 Å². The van der Waals surface area contributed by atoms with Crippen molar-refractivity contribution in [1.29, 1.82) is 0 Å². The summed E-state index contributed by atoms with van der Waals surface area (Å²) in [4.78, 5) is 22.3. The molecule has 0 amide bonds. The third-order valence-corrected chi connectivity index (χ3v) is 3.86. The summed E-state index contributed by atoms with van der Waals surface area (Å²) in [6.45, 7) is 3.57. The molecule has 0 heterocycles. The molecule has 1 rings (SSSR count). The van der Waals surface area contributed by atoms with Crippen LogP contribution < -0.4 is 0 Å². The highest BCUT2D eigenvalue weighted by Gasteiger charge is 2.50. The molecule has 0 aromatic rings. The van der Waals surface area contributed by atoms with Gasteiger partial charge >= 0.3 is 11.9 Å². The van der Waals surface area contributed by atoms with E-state index in [0.29, 0.717) is 19.3 Å². The summed E-state index contributed by atoms with van der Waals surface area (Å²) in [5, 5.41) is 10.6. The molecule has 1 fully saturated rings. The van der Waals surface area contributed by atoms with Crippen LogP contribution in [0.1, 0.15) is 39.5 Å². The Morgan fingerprint density at radius 3 is 2.61 bits per heavy atom. The maximum Gasteiger partial charge on any atom is 0.311 e. The van der Waals surface area contributed by atoms with Gasteiger partial charge in [0.1, 0.15) is 0 Å². The molecule has 1 N–H and O–H groups in total. The molecule has 0 radical (unpaired) electrons. The zero-order chi connectivity index (χ0) is 13.8. The summed E-state index contributed by atoms with van der Waals surface area (Å²) in [6.07, 6.45) is 2.46. The predicted molar refractivity (Wildman–Crippen MR) is 64.7 cm³/mol. The van der Waals surface area contributed by atoms with E-state index in [0.717, 1.165) is 6.42 Å². The average molecular weight is 258 g/mol. The largest absolute Gasteiger partial charge is 0.469 e. The van der Waals surface area contributed by atoms with Crippen LogP contribution in [0.15, 0.2) is 0 Å². The Kier molecular flexibility index (Phi) is 5.14. The van der Waals surface area contributed by atoms with Gasteiger partial charge < -0.3 is 14.6 Å². The molecule has 3 atom stereocenters. The second-order valence-corrected chi connectivity index (χ2v) is 4.99. The Balaban J connectivity index is 2.56. The lowest BCUT2D eigenvalue weighted by Crippen LogP contribution is -2.43. The van der Waals surface area contributed by atoms with Gasteiger partial charge in [-0.1, -0.05) is 6.92 Å². The first kappa shape index (κ1) is 15.0. The number of methoxy groups -OCH3 is 1. The van der Waals surface area contributed by atoms with Gasteiger partial charge in [0.15, 0.2) is 0 Å². The number of rotatable bonds is 5. The number of carbonyl (C=O) groups is 2. The smallest absolute Gasteiger partial charge is 0.311 e. The summed E-state index contributed by atoms with van der Waals surface area (Å²) < 4.78 is 9.58. The number of hydrogen-bond acceptors (Lipinski definition) is 5. The molecule has 0 aromatic carbocycles. The molecule has 0 saturated heterocycles. The minimum atomic E-state index is -1.03. The van der Waals surface area contributed by atoms with Crippen LogP contribution in [0.5, 0.6) is 0 Å². The van der Waals surface area contributed by atoms with E-state index >= 15 is 0 Å². The molecule has 0 unspecified atom stereocenters. The summed E-state index contributed by atoms with van der Waals surface area (Å²) in [5.41, 5.74) is -1.03. The molecule has 18 heavy (non-hydrogen) atoms. The Morgan fingerprint density at radius 1 is 1.39 bits per heavy atom. The van der Waals surface area contributed by atoms with Gasteiger partial charge in [0.2, 0.25) is 0 Å². The molecule has 0 spiro atoms. The van der Waals surface area contributed by atoms with Crippen LogP contribution in [0.3, 0.4) is 0 Å². The van der Waals surface area contributed by atoms with Gasteiger partial charge in [0, 0.05) is 6.92 Å². The van der Waals surface area contributed by atoms with E-state index in [9.17, 15) is 14.7 Å². The maximum atomic E-state index is 11.6. The van der Waals surface area contributed by atoms with Gasteiger partial charge in [-0.15, -0.1) is 0 Å². The number of hydrogen-bond donors (Lipinski definition) is 1. The van der Waals surface area contributed by atoms with Crippen molar-refractivity contribution in [3.8, 4) is 0 Å². The van der Waals surface area contributed by atoms with Crippen molar-refractivity contribution >= 4 is 11.9 Å². The zero-order valence-corrected chi connectivity index (χ0v) is 11.3. The highest BCUT2D eigenvalue weighted by Crippen LogP contribution is 2.44. The van der Waals surface area contributed by atoms with Gasteiger partial charge in [0.05, 0.1) is 25.2 Å². The molecular weight excluding hydrogens is 236 g/mol. The van der Waals surface area contributed by atoms with Crippen molar-refractivity contribution < 1.29 is 24.2 Å². The van der Waals surface area contributed by atoms with Crippen LogP contribution in [0.4, 0.5) is 0 Å². The third-order valence-electron chi connectivity index (χ3n) is 3.86. The van der Waals surface area contributed by atoms with Gasteiger partial charge in [0.25, 0.3) is 0 Å². The maximum absolute atomic E-state index is 11.6. The Bertz CT molecular complexity index is 315. The first-order valence-electron chi connectivity index (χ1n) is 6.35. The third kappa shape index (κ3) is 3.22. The molecule has 104 valence electrons. The average Bonchev–Trinajstić information content (AvgIpc) is 2.61. The van der Waals surface area contributed by atoms with E-state index < -0.39 is 11.5 Å². The van der Waals surface area contributed by atoms with Gasteiger partial charge in [-0.25, -0.2) is 0 Å². The lowest BCUT2D eigenvalue weighted by Gasteiger charge is -2.32. The highest BCUT2D eigenvalue weighted by atomic mass is 16.5. The molecule has 5 heteroatoms. The molecule has 5 nitrogen and oxygen atoms in total. The van der Waals surface area contributed by atoms with Gasteiger partial charge in [-0.3, -0.25) is 9.59 Å². The second-order valence-electron chi connectivity index (χ2n) is 4.99. The molecule has 0 aliphatic heterocycles. The van der Waals surface area contributed by atoms with Crippen molar-refractivity contribution in [3.63, 3.8) is 0 Å². The zero-order valence-electron chi connectivity index (χ0n) is 11.3. The van der Waals surface area contributed by atoms with E-state index in [1.807, 2.05) is 6.92 Å². The van der Waals surface area contributed by atoms with E-state index in [1.165, 1.54) is 14.0 Å². The van der Waals surface area contributed by atoms with Crippen molar-refractivity contribution in [3.05, 3.63) is 0 Å². The molecule has 1 aliphatic rings. The normalized spacial score (nSPS) is 31.1. The molecule has 0 bridgehead atoms. The highest BCUT2D eigenvalue weighted by molar-refractivity contribution is 5.74. The number of ether oxygens (including phenoxy) is 2. The fourth-order valence-corrected chi connectivity index (χ4v) is 2.72. The Hall–Kier alpha value is -1.10. The minimum Gasteiger partial charge on any atom is -0.469 e. The fourth-order valence-electron chi connectivity index (χ4n) is 2.72. The van der Waals surface area contributed by atoms with Gasteiger partial charge in [-0.05, 0) is 31.6 Å². The lowest BCUT2D eigenvalue weighted by atomic mass is 9.81. The van der Waals surface area contributed by atoms with Crippen LogP contribution in [0, 0.1) is 11.8 Å². The number of esters is 2. The topological polar surface area (TPSA) is 72.8 Å². The Labute approximate surface area is 107 Å². The molecule has 1 saturated carbocycles. The monoisotopic (exact) mass is 258 g/mol. The quantitative estimate of drug-likeness (QED) is 0.594. The van der Waals surface area contributed by atoms with Crippen LogP contribution in [-0.2, 0) is 19.1 Å². The minimum absolute atomic E-state index is 0.0546. The predicted octanol–water partition coefficient (Wildman–Crippen LogP) is 1.28. The first-order chi connectivity index (χ1) is 8.41. The summed E-state index contributed by atoms with van der Waals surface area (Å²) in [6, 6.07) is 0. The summed E-state index contributed by atoms with van der Waals surface area (Å²) >= 11 is 0. The van der Waals surface area contributed by atoms with E-state index in [1.54, 1.807) is 0 Å². The van der Waals surface area contributed by atoms with Crippen LogP contribution >= 0.6 is 0 Å². The standard InChI is InChI=1S/C13H22O5/c1-9-5-6-11(12(15)17-3)13(9,16)7-4-8-18-10(2)14/h9,11,16H,4-8H2,1-3H3/t9-,11-,13+/m0/s1. The van der Waals surface area contributed by atoms with Crippen molar-refractivity contribution in [1.82, 2.24) is 0 Å². The Morgan fingerprint density at radius 2 is 2.06 bits per heavy atom. The summed E-state index contributed by atoms with van der Waals surface area (Å²) in [7, 11) is 1.34. The van der Waals surface area contributed by atoms with E-state index in [4.69, 9.17) is 9.47 Å². The van der Waals surface area contributed by atoms with Crippen LogP contribution in [0.25, 0.3) is 0 Å². The van der Waals surface area contributed by atoms with E-state index in [2.05, 4.69) is 0 Å². The van der Waals surface area contributed by atoms with Gasteiger partial charge in [-0.2, -0.15) is 0 Å². The number of carbonyl (C=O) groups excluding carboxylic acids is 2. The summed E-state index contributed by atoms with van der Waals surface area (Å²) in [5.74, 6) is -1.09. The molecular formula is C13H22O5. The molecule has 1 aliphatic carbocycles. The van der Waals surface area contributed by atoms with E-state index in [-0.39, 0.29) is 24.5 Å². The SMILES string of the molecule is COC(=O)[C@@H]1CC[C@H](C)[C@]1(O)CCCOC(C)=O. The van der Waals surface area contributed by atoms with Crippen LogP contribution in [-0.4, -0.2) is 36.4 Å². The fraction of sp³-hybridized carbons (Fsp3) is 0.846. The van der Waals surface area contributed by atoms with Crippen molar-refractivity contribution in [2.45, 2.75) is 45.1 Å².